The van der Waals surface area contributed by atoms with Crippen LogP contribution in [-0.4, -0.2) is 43.7 Å². The average Bonchev–Trinajstić information content (AvgIpc) is 2.82. The summed E-state index contributed by atoms with van der Waals surface area (Å²) in [4.78, 5) is 25.1. The van der Waals surface area contributed by atoms with Gasteiger partial charge in [0, 0.05) is 25.6 Å². The quantitative estimate of drug-likeness (QED) is 0.615. The summed E-state index contributed by atoms with van der Waals surface area (Å²) in [5.41, 5.74) is -0.519. The highest BCUT2D eigenvalue weighted by Crippen LogP contribution is 2.29. The van der Waals surface area contributed by atoms with Crippen LogP contribution in [0.1, 0.15) is 30.9 Å². The van der Waals surface area contributed by atoms with Crippen molar-refractivity contribution >= 4 is 21.8 Å². The van der Waals surface area contributed by atoms with Crippen molar-refractivity contribution in [2.75, 3.05) is 13.1 Å². The van der Waals surface area contributed by atoms with Gasteiger partial charge in [-0.25, -0.2) is 8.42 Å². The fraction of sp³-hybridized carbons (Fsp3) is 0.391. The monoisotopic (exact) mass is 497 g/mol. The largest absolute Gasteiger partial charge is 0.416 e. The molecular weight excluding hydrogens is 471 g/mol. The Morgan fingerprint density at radius 3 is 2.32 bits per heavy atom. The molecular formula is C23H26F3N3O4S. The van der Waals surface area contributed by atoms with Crippen LogP contribution in [0.15, 0.2) is 59.5 Å². The van der Waals surface area contributed by atoms with Crippen molar-refractivity contribution in [2.45, 2.75) is 43.4 Å². The zero-order chi connectivity index (χ0) is 24.9. The van der Waals surface area contributed by atoms with E-state index in [4.69, 9.17) is 0 Å². The number of sulfonamides is 1. The van der Waals surface area contributed by atoms with E-state index in [-0.39, 0.29) is 36.0 Å². The van der Waals surface area contributed by atoms with Crippen molar-refractivity contribution in [2.24, 2.45) is 5.92 Å². The Morgan fingerprint density at radius 2 is 1.71 bits per heavy atom. The number of hydrogen-bond acceptors (Lipinski definition) is 4. The molecule has 184 valence electrons. The lowest BCUT2D eigenvalue weighted by Crippen LogP contribution is -2.49. The van der Waals surface area contributed by atoms with E-state index in [1.54, 1.807) is 18.2 Å². The van der Waals surface area contributed by atoms with E-state index < -0.39 is 39.6 Å². The molecule has 1 aliphatic heterocycles. The van der Waals surface area contributed by atoms with Crippen LogP contribution in [0.4, 0.5) is 13.2 Å². The number of halogens is 3. The molecule has 0 spiro atoms. The summed E-state index contributed by atoms with van der Waals surface area (Å²) in [5.74, 6) is -1.34. The number of carbonyl (C=O) groups is 2. The second kappa shape index (κ2) is 10.6. The number of carbonyl (C=O) groups excluding carboxylic acids is 2. The first kappa shape index (κ1) is 25.7. The highest BCUT2D eigenvalue weighted by Gasteiger charge is 2.33. The number of piperidine rings is 1. The molecule has 1 heterocycles. The lowest BCUT2D eigenvalue weighted by Gasteiger charge is -2.31. The summed E-state index contributed by atoms with van der Waals surface area (Å²) in [5, 5.41) is 5.13. The van der Waals surface area contributed by atoms with Gasteiger partial charge >= 0.3 is 6.18 Å². The first-order valence-corrected chi connectivity index (χ1v) is 12.2. The Labute approximate surface area is 196 Å². The van der Waals surface area contributed by atoms with Crippen molar-refractivity contribution in [1.82, 2.24) is 14.9 Å². The number of alkyl halides is 3. The van der Waals surface area contributed by atoms with Gasteiger partial charge in [-0.15, -0.1) is 0 Å². The second-order valence-electron chi connectivity index (χ2n) is 8.14. The fourth-order valence-corrected chi connectivity index (χ4v) is 5.19. The van der Waals surface area contributed by atoms with Crippen molar-refractivity contribution in [3.63, 3.8) is 0 Å². The Morgan fingerprint density at radius 1 is 1.06 bits per heavy atom. The first-order chi connectivity index (χ1) is 16.0. The van der Waals surface area contributed by atoms with E-state index in [0.29, 0.717) is 12.8 Å². The topological polar surface area (TPSA) is 95.6 Å². The molecule has 1 aliphatic rings. The molecule has 0 radical (unpaired) electrons. The minimum Gasteiger partial charge on any atom is -0.350 e. The molecule has 0 aromatic heterocycles. The summed E-state index contributed by atoms with van der Waals surface area (Å²) >= 11 is 0. The molecule has 34 heavy (non-hydrogen) atoms. The molecule has 2 aromatic rings. The number of hydrogen-bond donors (Lipinski definition) is 2. The first-order valence-electron chi connectivity index (χ1n) is 10.8. The van der Waals surface area contributed by atoms with Gasteiger partial charge in [0.1, 0.15) is 6.04 Å². The summed E-state index contributed by atoms with van der Waals surface area (Å²) in [6, 6.07) is 11.8. The maximum atomic E-state index is 12.8. The van der Waals surface area contributed by atoms with Crippen LogP contribution in [0.3, 0.4) is 0 Å². The molecule has 1 saturated heterocycles. The van der Waals surface area contributed by atoms with Gasteiger partial charge in [0.2, 0.25) is 21.8 Å². The summed E-state index contributed by atoms with van der Waals surface area (Å²) in [6.45, 7) is 1.74. The molecule has 2 aromatic carbocycles. The van der Waals surface area contributed by atoms with E-state index in [9.17, 15) is 31.2 Å². The fourth-order valence-electron chi connectivity index (χ4n) is 3.70. The van der Waals surface area contributed by atoms with Crippen LogP contribution in [-0.2, 0) is 32.3 Å². The molecule has 0 unspecified atom stereocenters. The van der Waals surface area contributed by atoms with Gasteiger partial charge in [0.15, 0.2) is 0 Å². The zero-order valence-corrected chi connectivity index (χ0v) is 19.3. The van der Waals surface area contributed by atoms with Crippen molar-refractivity contribution in [3.8, 4) is 0 Å². The zero-order valence-electron chi connectivity index (χ0n) is 18.5. The molecule has 1 fully saturated rings. The van der Waals surface area contributed by atoms with Crippen molar-refractivity contribution in [3.05, 3.63) is 65.7 Å². The number of amides is 2. The number of nitrogens with one attached hydrogen (secondary N) is 2. The van der Waals surface area contributed by atoms with E-state index in [2.05, 4.69) is 10.6 Å². The van der Waals surface area contributed by atoms with Crippen molar-refractivity contribution in [1.29, 1.82) is 0 Å². The minimum atomic E-state index is -4.47. The van der Waals surface area contributed by atoms with Crippen LogP contribution in [0, 0.1) is 5.92 Å². The molecule has 2 amide bonds. The van der Waals surface area contributed by atoms with E-state index in [0.717, 1.165) is 12.1 Å². The normalized spacial score (nSPS) is 16.6. The highest BCUT2D eigenvalue weighted by molar-refractivity contribution is 7.89. The van der Waals surface area contributed by atoms with Gasteiger partial charge in [-0.3, -0.25) is 9.59 Å². The van der Waals surface area contributed by atoms with Gasteiger partial charge in [0.05, 0.1) is 10.5 Å². The van der Waals surface area contributed by atoms with Gasteiger partial charge in [0.25, 0.3) is 0 Å². The maximum absolute atomic E-state index is 12.8. The standard InChI is InChI=1S/C23H26F3N3O4S/c1-16(21(30)27-15-17-6-5-7-19(14-17)23(24,25)26)28-22(31)18-10-12-29(13-11-18)34(32,33)20-8-3-2-4-9-20/h2-9,14,16,18H,10-13,15H2,1H3,(H,27,30)(H,28,31)/t16-/m0/s1. The predicted molar refractivity (Wildman–Crippen MR) is 119 cm³/mol. The van der Waals surface area contributed by atoms with Gasteiger partial charge in [-0.2, -0.15) is 17.5 Å². The predicted octanol–water partition coefficient (Wildman–Crippen LogP) is 2.93. The highest BCUT2D eigenvalue weighted by atomic mass is 32.2. The second-order valence-corrected chi connectivity index (χ2v) is 10.1. The maximum Gasteiger partial charge on any atom is 0.416 e. The van der Waals surface area contributed by atoms with Crippen LogP contribution >= 0.6 is 0 Å². The molecule has 1 atom stereocenters. The molecule has 0 aliphatic carbocycles. The Hall–Kier alpha value is -2.92. The van der Waals surface area contributed by atoms with Crippen molar-refractivity contribution < 1.29 is 31.2 Å². The lowest BCUT2D eigenvalue weighted by molar-refractivity contribution is -0.137. The smallest absolute Gasteiger partial charge is 0.350 e. The molecule has 0 bridgehead atoms. The van der Waals surface area contributed by atoms with Crippen LogP contribution in [0.2, 0.25) is 0 Å². The summed E-state index contributed by atoms with van der Waals surface area (Å²) in [6.07, 6.45) is -3.84. The van der Waals surface area contributed by atoms with Gasteiger partial charge in [-0.05, 0) is 49.6 Å². The van der Waals surface area contributed by atoms with Crippen LogP contribution < -0.4 is 10.6 Å². The van der Waals surface area contributed by atoms with Gasteiger partial charge in [-0.1, -0.05) is 30.3 Å². The molecule has 11 heteroatoms. The molecule has 3 rings (SSSR count). The third-order valence-electron chi connectivity index (χ3n) is 5.68. The van der Waals surface area contributed by atoms with Crippen LogP contribution in [0.5, 0.6) is 0 Å². The van der Waals surface area contributed by atoms with Gasteiger partial charge < -0.3 is 10.6 Å². The van der Waals surface area contributed by atoms with E-state index in [1.165, 1.54) is 35.5 Å². The third kappa shape index (κ3) is 6.35. The number of nitrogens with zero attached hydrogens (tertiary/aromatic N) is 1. The van der Waals surface area contributed by atoms with Crippen LogP contribution in [0.25, 0.3) is 0 Å². The third-order valence-corrected chi connectivity index (χ3v) is 7.59. The van der Waals surface area contributed by atoms with E-state index >= 15 is 0 Å². The molecule has 7 nitrogen and oxygen atoms in total. The minimum absolute atomic E-state index is 0.112. The average molecular weight is 498 g/mol. The summed E-state index contributed by atoms with van der Waals surface area (Å²) in [7, 11) is -3.63. The lowest BCUT2D eigenvalue weighted by atomic mass is 9.97. The summed E-state index contributed by atoms with van der Waals surface area (Å²) < 4.78 is 65.2. The van der Waals surface area contributed by atoms with E-state index in [1.807, 2.05) is 0 Å². The molecule has 2 N–H and O–H groups in total. The molecule has 0 saturated carbocycles. The Bertz CT molecular complexity index is 1120. The number of benzene rings is 2. The SMILES string of the molecule is C[C@H](NC(=O)C1CCN(S(=O)(=O)c2ccccc2)CC1)C(=O)NCc1cccc(C(F)(F)F)c1. The Balaban J connectivity index is 1.48. The number of rotatable bonds is 7. The Kier molecular flexibility index (Phi) is 7.98.